The second-order valence-corrected chi connectivity index (χ2v) is 6.39. The number of fused-ring (bicyclic) bond motifs is 1. The summed E-state index contributed by atoms with van der Waals surface area (Å²) >= 11 is 0. The number of imidazole rings is 1. The predicted molar refractivity (Wildman–Crippen MR) is 81.1 cm³/mol. The van der Waals surface area contributed by atoms with Crippen molar-refractivity contribution in [3.63, 3.8) is 0 Å². The van der Waals surface area contributed by atoms with Gasteiger partial charge in [-0.25, -0.2) is 10.3 Å². The van der Waals surface area contributed by atoms with Gasteiger partial charge >= 0.3 is 0 Å². The van der Waals surface area contributed by atoms with Crippen LogP contribution in [0.25, 0.3) is 0 Å². The first-order valence-electron chi connectivity index (χ1n) is 8.25. The summed E-state index contributed by atoms with van der Waals surface area (Å²) in [6, 6.07) is 0. The third-order valence-electron chi connectivity index (χ3n) is 5.04. The monoisotopic (exact) mass is 275 g/mol. The summed E-state index contributed by atoms with van der Waals surface area (Å²) < 4.78 is 0. The Morgan fingerprint density at radius 1 is 1.05 bits per heavy atom. The molecule has 3 fully saturated rings. The minimum Gasteiger partial charge on any atom is -0.351 e. The van der Waals surface area contributed by atoms with E-state index in [0.29, 0.717) is 5.54 Å². The Balaban J connectivity index is 0.000000147. The van der Waals surface area contributed by atoms with Gasteiger partial charge in [0.15, 0.2) is 5.54 Å². The number of H-pyrrole nitrogens is 1. The predicted octanol–water partition coefficient (Wildman–Crippen LogP) is 2.19. The van der Waals surface area contributed by atoms with Crippen molar-refractivity contribution in [2.24, 2.45) is 0 Å². The molecule has 4 rings (SSSR count). The zero-order valence-corrected chi connectivity index (χ0v) is 12.5. The van der Waals surface area contributed by atoms with E-state index in [1.54, 1.807) is 6.33 Å². The summed E-state index contributed by atoms with van der Waals surface area (Å²) in [6.45, 7) is 4.87. The van der Waals surface area contributed by atoms with Gasteiger partial charge in [0.25, 0.3) is 0 Å². The van der Waals surface area contributed by atoms with Crippen LogP contribution in [0.4, 0.5) is 0 Å². The molecular formula is C16H27N4+. The normalized spacial score (nSPS) is 29.8. The van der Waals surface area contributed by atoms with Gasteiger partial charge in [0.1, 0.15) is 13.1 Å². The number of aromatic amines is 1. The van der Waals surface area contributed by atoms with Crippen molar-refractivity contribution in [2.45, 2.75) is 56.9 Å². The van der Waals surface area contributed by atoms with E-state index in [9.17, 15) is 0 Å². The smallest absolute Gasteiger partial charge is 0.154 e. The third-order valence-corrected chi connectivity index (χ3v) is 5.04. The van der Waals surface area contributed by atoms with Crippen LogP contribution in [-0.4, -0.2) is 41.7 Å². The number of nitrogens with zero attached hydrogens (tertiary/aromatic N) is 3. The van der Waals surface area contributed by atoms with Gasteiger partial charge in [-0.1, -0.05) is 12.8 Å². The lowest BCUT2D eigenvalue weighted by molar-refractivity contribution is 0.121. The first-order chi connectivity index (χ1) is 9.89. The number of aromatic nitrogens is 2. The van der Waals surface area contributed by atoms with Crippen LogP contribution in [0.5, 0.6) is 0 Å². The molecule has 3 aliphatic rings. The lowest BCUT2D eigenvalue weighted by Crippen LogP contribution is -2.61. The van der Waals surface area contributed by atoms with Crippen LogP contribution in [0.2, 0.25) is 0 Å². The fraction of sp³-hybridized carbons (Fsp3) is 0.812. The molecule has 2 radical (unpaired) electrons. The second-order valence-electron chi connectivity index (χ2n) is 6.39. The minimum atomic E-state index is 0.509. The van der Waals surface area contributed by atoms with Gasteiger partial charge in [0.2, 0.25) is 0 Å². The highest BCUT2D eigenvalue weighted by atomic mass is 15.3. The Bertz CT molecular complexity index is 370. The standard InChI is InChI=1S/C10H15N3.C6H12N/c1-2-10(3-5-13(10)4-1)6-9-7-11-8-12-9;1-2-4-6-7-5-3-1/h7-8H,1-6H2,(H,11,12);1-6H2/q+1;. The van der Waals surface area contributed by atoms with Crippen molar-refractivity contribution in [3.05, 3.63) is 18.2 Å². The molecule has 4 nitrogen and oxygen atoms in total. The molecule has 4 heteroatoms. The quantitative estimate of drug-likeness (QED) is 0.826. The fourth-order valence-electron chi connectivity index (χ4n) is 3.74. The highest BCUT2D eigenvalue weighted by molar-refractivity contribution is 5.14. The minimum absolute atomic E-state index is 0.509. The molecule has 0 amide bonds. The van der Waals surface area contributed by atoms with E-state index in [4.69, 9.17) is 0 Å². The molecule has 110 valence electrons. The van der Waals surface area contributed by atoms with E-state index < -0.39 is 0 Å². The van der Waals surface area contributed by atoms with Crippen molar-refractivity contribution in [3.8, 4) is 0 Å². The van der Waals surface area contributed by atoms with Crippen molar-refractivity contribution < 1.29 is 0 Å². The molecule has 0 aliphatic carbocycles. The first kappa shape index (κ1) is 14.1. The Kier molecular flexibility index (Phi) is 4.73. The molecule has 3 aliphatic heterocycles. The summed E-state index contributed by atoms with van der Waals surface area (Å²) in [7, 11) is 0. The van der Waals surface area contributed by atoms with E-state index >= 15 is 0 Å². The Labute approximate surface area is 122 Å². The van der Waals surface area contributed by atoms with Crippen LogP contribution >= 0.6 is 0 Å². The van der Waals surface area contributed by atoms with Crippen LogP contribution in [0, 0.1) is 0 Å². The van der Waals surface area contributed by atoms with Gasteiger partial charge < -0.3 is 4.98 Å². The van der Waals surface area contributed by atoms with Crippen molar-refractivity contribution in [2.75, 3.05) is 26.2 Å². The Hall–Kier alpha value is -0.870. The highest BCUT2D eigenvalue weighted by Crippen LogP contribution is 2.40. The van der Waals surface area contributed by atoms with Gasteiger partial charge in [-0.05, 0) is 12.8 Å². The first-order valence-corrected chi connectivity index (χ1v) is 8.25. The molecule has 1 unspecified atom stereocenters. The fourth-order valence-corrected chi connectivity index (χ4v) is 3.74. The van der Waals surface area contributed by atoms with Gasteiger partial charge in [-0.3, -0.25) is 0 Å². The summed E-state index contributed by atoms with van der Waals surface area (Å²) in [5.41, 5.74) is 1.74. The molecule has 0 saturated carbocycles. The molecule has 4 heterocycles. The van der Waals surface area contributed by atoms with E-state index in [1.807, 2.05) is 6.20 Å². The molecule has 3 saturated heterocycles. The van der Waals surface area contributed by atoms with Crippen LogP contribution in [0.15, 0.2) is 12.5 Å². The van der Waals surface area contributed by atoms with E-state index in [0.717, 1.165) is 19.5 Å². The van der Waals surface area contributed by atoms with Crippen LogP contribution in [0.1, 0.15) is 50.6 Å². The van der Waals surface area contributed by atoms with E-state index in [2.05, 4.69) is 20.2 Å². The summed E-state index contributed by atoms with van der Waals surface area (Å²) in [4.78, 5) is 9.97. The van der Waals surface area contributed by atoms with Gasteiger partial charge in [-0.2, -0.15) is 4.90 Å². The van der Waals surface area contributed by atoms with Crippen molar-refractivity contribution in [1.29, 1.82) is 0 Å². The lowest BCUT2D eigenvalue weighted by atomic mass is 9.81. The maximum Gasteiger partial charge on any atom is 0.154 e. The second kappa shape index (κ2) is 6.72. The van der Waals surface area contributed by atoms with Crippen LogP contribution < -0.4 is 10.2 Å². The maximum atomic E-state index is 4.31. The van der Waals surface area contributed by atoms with Crippen LogP contribution in [-0.2, 0) is 6.42 Å². The topological polar surface area (TPSA) is 48.7 Å². The maximum absolute atomic E-state index is 4.31. The third kappa shape index (κ3) is 3.23. The van der Waals surface area contributed by atoms with E-state index in [-0.39, 0.29) is 0 Å². The average Bonchev–Trinajstić information content (AvgIpc) is 2.91. The van der Waals surface area contributed by atoms with Crippen molar-refractivity contribution in [1.82, 2.24) is 20.2 Å². The average molecular weight is 275 g/mol. The van der Waals surface area contributed by atoms with Gasteiger partial charge in [-0.15, -0.1) is 0 Å². The molecule has 1 N–H and O–H groups in total. The molecule has 0 aromatic carbocycles. The Morgan fingerprint density at radius 3 is 2.50 bits per heavy atom. The number of hydrogen-bond donors (Lipinski definition) is 1. The summed E-state index contributed by atoms with van der Waals surface area (Å²) in [5.74, 6) is 0. The van der Waals surface area contributed by atoms with E-state index in [1.165, 1.54) is 63.7 Å². The zero-order chi connectivity index (χ0) is 13.7. The molecular weight excluding hydrogens is 248 g/mol. The number of hydrogen-bond acceptors (Lipinski definition) is 2. The number of nitrogens with one attached hydrogen (secondary N) is 1. The molecule has 20 heavy (non-hydrogen) atoms. The Morgan fingerprint density at radius 2 is 1.90 bits per heavy atom. The zero-order valence-electron chi connectivity index (χ0n) is 12.5. The van der Waals surface area contributed by atoms with Gasteiger partial charge in [0.05, 0.1) is 24.9 Å². The van der Waals surface area contributed by atoms with Gasteiger partial charge in [0, 0.05) is 32.1 Å². The molecule has 1 aromatic heterocycles. The molecule has 1 atom stereocenters. The summed E-state index contributed by atoms with van der Waals surface area (Å²) in [5, 5.41) is 4.27. The number of rotatable bonds is 2. The lowest BCUT2D eigenvalue weighted by Gasteiger charge is -2.37. The van der Waals surface area contributed by atoms with Crippen LogP contribution in [0.3, 0.4) is 0 Å². The molecule has 0 spiro atoms. The SMILES string of the molecule is C1CCC[N]CC1.c1nc(CC23CCC[N+]2CC3)c[nH]1. The van der Waals surface area contributed by atoms with Crippen molar-refractivity contribution >= 4 is 0 Å². The highest BCUT2D eigenvalue weighted by Gasteiger charge is 2.57. The molecule has 1 aromatic rings. The largest absolute Gasteiger partial charge is 0.351 e. The molecule has 0 bridgehead atoms. The summed E-state index contributed by atoms with van der Waals surface area (Å²) in [6.07, 6.45) is 14.6.